The van der Waals surface area contributed by atoms with Gasteiger partial charge in [0.05, 0.1) is 6.61 Å². The Hall–Kier alpha value is -1.95. The first-order chi connectivity index (χ1) is 14.8. The average molecular weight is 486 g/mol. The van der Waals surface area contributed by atoms with Gasteiger partial charge < -0.3 is 15.0 Å². The van der Waals surface area contributed by atoms with Crippen LogP contribution in [0.15, 0.2) is 42.5 Å². The third-order valence-electron chi connectivity index (χ3n) is 4.71. The highest BCUT2D eigenvalue weighted by Crippen LogP contribution is 2.24. The summed E-state index contributed by atoms with van der Waals surface area (Å²) in [7, 11) is 0. The monoisotopic (exact) mass is 484 g/mol. The van der Waals surface area contributed by atoms with Crippen LogP contribution in [0.3, 0.4) is 0 Å². The third kappa shape index (κ3) is 7.91. The lowest BCUT2D eigenvalue weighted by atomic mass is 10.1. The van der Waals surface area contributed by atoms with Crippen molar-refractivity contribution in [3.8, 4) is 5.75 Å². The fourth-order valence-electron chi connectivity index (χ4n) is 3.13. The summed E-state index contributed by atoms with van der Waals surface area (Å²) in [6.45, 7) is 4.83. The Kier molecular flexibility index (Phi) is 10.4. The van der Waals surface area contributed by atoms with Gasteiger partial charge in [0.2, 0.25) is 11.8 Å². The molecule has 0 aliphatic heterocycles. The lowest BCUT2D eigenvalue weighted by molar-refractivity contribution is -0.141. The number of carbonyl (C=O) groups is 2. The zero-order valence-electron chi connectivity index (χ0n) is 17.7. The molecular formula is C23H27Cl3N2O3. The van der Waals surface area contributed by atoms with E-state index < -0.39 is 6.04 Å². The maximum absolute atomic E-state index is 13.1. The van der Waals surface area contributed by atoms with Crippen molar-refractivity contribution < 1.29 is 14.3 Å². The van der Waals surface area contributed by atoms with E-state index in [0.717, 1.165) is 5.56 Å². The van der Waals surface area contributed by atoms with Crippen LogP contribution in [0.1, 0.15) is 38.7 Å². The smallest absolute Gasteiger partial charge is 0.242 e. The van der Waals surface area contributed by atoms with Crippen LogP contribution in [0.5, 0.6) is 5.75 Å². The molecule has 168 valence electrons. The number of carbonyl (C=O) groups excluding carboxylic acids is 2. The molecular weight excluding hydrogens is 459 g/mol. The average Bonchev–Trinajstić information content (AvgIpc) is 2.74. The van der Waals surface area contributed by atoms with E-state index in [1.807, 2.05) is 13.8 Å². The van der Waals surface area contributed by atoms with Crippen LogP contribution in [-0.4, -0.2) is 35.9 Å². The molecule has 31 heavy (non-hydrogen) atoms. The van der Waals surface area contributed by atoms with E-state index in [9.17, 15) is 9.59 Å². The number of nitrogens with zero attached hydrogens (tertiary/aromatic N) is 1. The predicted octanol–water partition coefficient (Wildman–Crippen LogP) is 5.75. The van der Waals surface area contributed by atoms with E-state index in [2.05, 4.69) is 5.32 Å². The van der Waals surface area contributed by atoms with Crippen LogP contribution in [-0.2, 0) is 16.1 Å². The lowest BCUT2D eigenvalue weighted by Gasteiger charge is -2.31. The molecule has 8 heteroatoms. The Balaban J connectivity index is 2.07. The number of likely N-dealkylation sites (N-methyl/N-ethyl adjacent to an activating group) is 1. The second kappa shape index (κ2) is 12.8. The molecule has 1 atom stereocenters. The Morgan fingerprint density at radius 3 is 2.32 bits per heavy atom. The van der Waals surface area contributed by atoms with E-state index in [0.29, 0.717) is 46.8 Å². The minimum Gasteiger partial charge on any atom is -0.494 e. The topological polar surface area (TPSA) is 58.6 Å². The summed E-state index contributed by atoms with van der Waals surface area (Å²) in [6.07, 6.45) is 1.25. The minimum absolute atomic E-state index is 0.135. The second-order valence-electron chi connectivity index (χ2n) is 6.98. The molecule has 0 aliphatic rings. The van der Waals surface area contributed by atoms with E-state index in [1.54, 1.807) is 47.4 Å². The Morgan fingerprint density at radius 1 is 1.03 bits per heavy atom. The standard InChI is InChI=1S/C23H27Cl3N2O3/c1-3-21(23(30)27-4-2)28(15-16-7-8-18(25)14-20(16)26)22(29)6-5-13-31-19-11-9-17(24)10-12-19/h7-12,14,21H,3-6,13,15H2,1-2H3,(H,27,30)/t21-/m0/s1. The van der Waals surface area contributed by atoms with Crippen molar-refractivity contribution in [2.24, 2.45) is 0 Å². The van der Waals surface area contributed by atoms with Gasteiger partial charge in [0.1, 0.15) is 11.8 Å². The number of amides is 2. The van der Waals surface area contributed by atoms with Crippen LogP contribution in [0.25, 0.3) is 0 Å². The normalized spacial score (nSPS) is 11.6. The zero-order valence-corrected chi connectivity index (χ0v) is 19.9. The summed E-state index contributed by atoms with van der Waals surface area (Å²) < 4.78 is 5.67. The van der Waals surface area contributed by atoms with Crippen LogP contribution < -0.4 is 10.1 Å². The van der Waals surface area contributed by atoms with E-state index >= 15 is 0 Å². The summed E-state index contributed by atoms with van der Waals surface area (Å²) in [5.74, 6) is 0.375. The summed E-state index contributed by atoms with van der Waals surface area (Å²) >= 11 is 18.2. The largest absolute Gasteiger partial charge is 0.494 e. The van der Waals surface area contributed by atoms with Crippen molar-refractivity contribution in [1.82, 2.24) is 10.2 Å². The lowest BCUT2D eigenvalue weighted by Crippen LogP contribution is -2.49. The fourth-order valence-corrected chi connectivity index (χ4v) is 3.73. The maximum Gasteiger partial charge on any atom is 0.242 e. The van der Waals surface area contributed by atoms with E-state index in [-0.39, 0.29) is 24.8 Å². The summed E-state index contributed by atoms with van der Waals surface area (Å²) in [6, 6.07) is 11.6. The van der Waals surface area contributed by atoms with Crippen molar-refractivity contribution in [3.05, 3.63) is 63.1 Å². The van der Waals surface area contributed by atoms with Crippen molar-refractivity contribution in [3.63, 3.8) is 0 Å². The molecule has 0 radical (unpaired) electrons. The summed E-state index contributed by atoms with van der Waals surface area (Å²) in [4.78, 5) is 27.3. The van der Waals surface area contributed by atoms with Gasteiger partial charge in [-0.05, 0) is 61.7 Å². The van der Waals surface area contributed by atoms with Gasteiger partial charge in [-0.1, -0.05) is 47.8 Å². The molecule has 0 fully saturated rings. The van der Waals surface area contributed by atoms with Crippen LogP contribution in [0.4, 0.5) is 0 Å². The van der Waals surface area contributed by atoms with E-state index in [4.69, 9.17) is 39.5 Å². The molecule has 0 spiro atoms. The molecule has 0 bridgehead atoms. The number of hydrogen-bond donors (Lipinski definition) is 1. The number of ether oxygens (including phenoxy) is 1. The van der Waals surface area contributed by atoms with Gasteiger partial charge in [0, 0.05) is 34.6 Å². The predicted molar refractivity (Wildman–Crippen MR) is 126 cm³/mol. The van der Waals surface area contributed by atoms with Gasteiger partial charge in [0.15, 0.2) is 0 Å². The molecule has 0 saturated carbocycles. The molecule has 0 aromatic heterocycles. The van der Waals surface area contributed by atoms with Crippen molar-refractivity contribution in [2.45, 2.75) is 45.7 Å². The van der Waals surface area contributed by atoms with Gasteiger partial charge in [-0.2, -0.15) is 0 Å². The van der Waals surface area contributed by atoms with Crippen molar-refractivity contribution in [2.75, 3.05) is 13.2 Å². The molecule has 2 aromatic carbocycles. The van der Waals surface area contributed by atoms with Crippen molar-refractivity contribution >= 4 is 46.6 Å². The van der Waals surface area contributed by atoms with E-state index in [1.165, 1.54) is 0 Å². The fraction of sp³-hybridized carbons (Fsp3) is 0.391. The van der Waals surface area contributed by atoms with Crippen molar-refractivity contribution in [1.29, 1.82) is 0 Å². The first kappa shape index (κ1) is 25.3. The van der Waals surface area contributed by atoms with Gasteiger partial charge >= 0.3 is 0 Å². The number of benzene rings is 2. The first-order valence-corrected chi connectivity index (χ1v) is 11.4. The molecule has 5 nitrogen and oxygen atoms in total. The van der Waals surface area contributed by atoms with Gasteiger partial charge in [-0.15, -0.1) is 0 Å². The number of halogens is 3. The first-order valence-electron chi connectivity index (χ1n) is 10.2. The summed E-state index contributed by atoms with van der Waals surface area (Å²) in [5.41, 5.74) is 0.736. The molecule has 2 aromatic rings. The summed E-state index contributed by atoms with van der Waals surface area (Å²) in [5, 5.41) is 4.42. The maximum atomic E-state index is 13.1. The highest BCUT2D eigenvalue weighted by molar-refractivity contribution is 6.35. The second-order valence-corrected chi connectivity index (χ2v) is 8.26. The minimum atomic E-state index is -0.587. The van der Waals surface area contributed by atoms with Gasteiger partial charge in [-0.3, -0.25) is 9.59 Å². The SMILES string of the molecule is CCNC(=O)[C@H](CC)N(Cc1ccc(Cl)cc1Cl)C(=O)CCCOc1ccc(Cl)cc1. The van der Waals surface area contributed by atoms with Gasteiger partial charge in [-0.25, -0.2) is 0 Å². The van der Waals surface area contributed by atoms with Crippen LogP contribution in [0.2, 0.25) is 15.1 Å². The molecule has 1 N–H and O–H groups in total. The number of rotatable bonds is 11. The number of hydrogen-bond acceptors (Lipinski definition) is 3. The Morgan fingerprint density at radius 2 is 1.71 bits per heavy atom. The molecule has 2 rings (SSSR count). The van der Waals surface area contributed by atoms with Crippen LogP contribution in [0, 0.1) is 0 Å². The molecule has 0 aliphatic carbocycles. The quantitative estimate of drug-likeness (QED) is 0.412. The van der Waals surface area contributed by atoms with Gasteiger partial charge in [0.25, 0.3) is 0 Å². The molecule has 0 heterocycles. The third-order valence-corrected chi connectivity index (χ3v) is 5.55. The number of nitrogens with one attached hydrogen (secondary N) is 1. The zero-order chi connectivity index (χ0) is 22.8. The van der Waals surface area contributed by atoms with Crippen LogP contribution >= 0.6 is 34.8 Å². The Bertz CT molecular complexity index is 875. The Labute approximate surface area is 198 Å². The molecule has 0 saturated heterocycles. The molecule has 2 amide bonds. The molecule has 0 unspecified atom stereocenters. The highest BCUT2D eigenvalue weighted by atomic mass is 35.5. The highest BCUT2D eigenvalue weighted by Gasteiger charge is 2.28.